The Morgan fingerprint density at radius 2 is 1.81 bits per heavy atom. The zero-order valence-corrected chi connectivity index (χ0v) is 18.8. The number of aliphatic imine (C=N–C) groups is 1. The molecule has 1 aliphatic heterocycles. The van der Waals surface area contributed by atoms with Gasteiger partial charge in [-0.1, -0.05) is 0 Å². The van der Waals surface area contributed by atoms with E-state index in [1.165, 1.54) is 7.11 Å². The third-order valence-corrected chi connectivity index (χ3v) is 4.49. The number of esters is 1. The number of piperidine rings is 1. The van der Waals surface area contributed by atoms with Crippen molar-refractivity contribution in [1.29, 1.82) is 0 Å². The Hall–Kier alpha value is -1.71. The van der Waals surface area contributed by atoms with Crippen molar-refractivity contribution in [2.24, 2.45) is 10.9 Å². The van der Waals surface area contributed by atoms with Crippen LogP contribution in [0.5, 0.6) is 11.5 Å². The van der Waals surface area contributed by atoms with Gasteiger partial charge < -0.3 is 24.4 Å². The van der Waals surface area contributed by atoms with Gasteiger partial charge in [0.1, 0.15) is 17.6 Å². The van der Waals surface area contributed by atoms with E-state index in [0.717, 1.165) is 43.4 Å². The van der Waals surface area contributed by atoms with Crippen LogP contribution in [-0.2, 0) is 9.53 Å². The van der Waals surface area contributed by atoms with Gasteiger partial charge in [0.25, 0.3) is 0 Å². The van der Waals surface area contributed by atoms with Crippen LogP contribution in [0.4, 0.5) is 0 Å². The summed E-state index contributed by atoms with van der Waals surface area (Å²) in [6.45, 7) is 4.21. The molecular formula is C19H30IN3O4. The molecule has 1 fully saturated rings. The van der Waals surface area contributed by atoms with Crippen LogP contribution in [0.1, 0.15) is 19.8 Å². The second-order valence-corrected chi connectivity index (χ2v) is 6.32. The smallest absolute Gasteiger partial charge is 0.308 e. The van der Waals surface area contributed by atoms with E-state index in [1.54, 1.807) is 14.2 Å². The maximum atomic E-state index is 11.6. The molecule has 1 atom stereocenters. The van der Waals surface area contributed by atoms with Crippen LogP contribution < -0.4 is 14.8 Å². The van der Waals surface area contributed by atoms with E-state index in [0.29, 0.717) is 6.54 Å². The maximum Gasteiger partial charge on any atom is 0.308 e. The van der Waals surface area contributed by atoms with Gasteiger partial charge in [-0.25, -0.2) is 0 Å². The first-order valence-electron chi connectivity index (χ1n) is 8.91. The lowest BCUT2D eigenvalue weighted by Gasteiger charge is -2.33. The number of methoxy groups -OCH3 is 2. The number of halogens is 1. The fraction of sp³-hybridized carbons (Fsp3) is 0.579. The SMILES string of the molecule is CN=C(NCC(C)Oc1ccc(OC)cc1)N1CCC(C(=O)OC)CC1.I. The number of likely N-dealkylation sites (tertiary alicyclic amines) is 1. The topological polar surface area (TPSA) is 72.4 Å². The van der Waals surface area contributed by atoms with Gasteiger partial charge in [-0.2, -0.15) is 0 Å². The molecule has 1 saturated heterocycles. The van der Waals surface area contributed by atoms with Crippen LogP contribution in [0.25, 0.3) is 0 Å². The minimum atomic E-state index is -0.117. The van der Waals surface area contributed by atoms with Gasteiger partial charge in [0.05, 0.1) is 26.7 Å². The van der Waals surface area contributed by atoms with Crippen molar-refractivity contribution < 1.29 is 19.0 Å². The molecule has 0 aliphatic carbocycles. The number of hydrogen-bond donors (Lipinski definition) is 1. The van der Waals surface area contributed by atoms with E-state index in [9.17, 15) is 4.79 Å². The summed E-state index contributed by atoms with van der Waals surface area (Å²) < 4.78 is 15.9. The van der Waals surface area contributed by atoms with Crippen molar-refractivity contribution in [1.82, 2.24) is 10.2 Å². The van der Waals surface area contributed by atoms with Crippen molar-refractivity contribution in [3.63, 3.8) is 0 Å². The Labute approximate surface area is 178 Å². The average Bonchev–Trinajstić information content (AvgIpc) is 2.69. The van der Waals surface area contributed by atoms with Crippen LogP contribution in [0, 0.1) is 5.92 Å². The van der Waals surface area contributed by atoms with Crippen molar-refractivity contribution in [3.05, 3.63) is 24.3 Å². The number of rotatable bonds is 6. The highest BCUT2D eigenvalue weighted by atomic mass is 127. The second kappa shape index (κ2) is 11.9. The molecule has 0 aromatic heterocycles. The summed E-state index contributed by atoms with van der Waals surface area (Å²) in [5, 5.41) is 3.35. The lowest BCUT2D eigenvalue weighted by molar-refractivity contribution is -0.146. The second-order valence-electron chi connectivity index (χ2n) is 6.32. The first kappa shape index (κ1) is 23.3. The zero-order chi connectivity index (χ0) is 18.9. The van der Waals surface area contributed by atoms with Crippen LogP contribution in [0.3, 0.4) is 0 Å². The molecule has 0 radical (unpaired) electrons. The van der Waals surface area contributed by atoms with Gasteiger partial charge >= 0.3 is 5.97 Å². The van der Waals surface area contributed by atoms with Crippen LogP contribution in [0.15, 0.2) is 29.3 Å². The normalized spacial score (nSPS) is 16.1. The highest BCUT2D eigenvalue weighted by Gasteiger charge is 2.27. The van der Waals surface area contributed by atoms with E-state index in [-0.39, 0.29) is 42.0 Å². The summed E-state index contributed by atoms with van der Waals surface area (Å²) in [5.41, 5.74) is 0. The van der Waals surface area contributed by atoms with Gasteiger partial charge in [-0.3, -0.25) is 9.79 Å². The number of carbonyl (C=O) groups is 1. The standard InChI is InChI=1S/C19H29N3O4.HI/c1-14(26-17-7-5-16(24-3)6-8-17)13-21-19(20-2)22-11-9-15(10-12-22)18(23)25-4;/h5-8,14-15H,9-13H2,1-4H3,(H,20,21);1H. The molecule has 0 saturated carbocycles. The Bertz CT molecular complexity index is 601. The Kier molecular flexibility index (Phi) is 10.3. The highest BCUT2D eigenvalue weighted by Crippen LogP contribution is 2.19. The third kappa shape index (κ3) is 7.08. The first-order chi connectivity index (χ1) is 12.6. The van der Waals surface area contributed by atoms with Gasteiger partial charge in [-0.15, -0.1) is 24.0 Å². The first-order valence-corrected chi connectivity index (χ1v) is 8.91. The largest absolute Gasteiger partial charge is 0.497 e. The quantitative estimate of drug-likeness (QED) is 0.286. The molecule has 1 N–H and O–H groups in total. The molecule has 152 valence electrons. The molecule has 1 aromatic rings. The number of benzene rings is 1. The van der Waals surface area contributed by atoms with Crippen LogP contribution in [-0.4, -0.2) is 63.8 Å². The number of carbonyl (C=O) groups excluding carboxylic acids is 1. The predicted molar refractivity (Wildman–Crippen MR) is 116 cm³/mol. The predicted octanol–water partition coefficient (Wildman–Crippen LogP) is 2.54. The number of nitrogens with one attached hydrogen (secondary N) is 1. The summed E-state index contributed by atoms with van der Waals surface area (Å²) in [6, 6.07) is 7.53. The molecule has 1 heterocycles. The summed E-state index contributed by atoms with van der Waals surface area (Å²) in [7, 11) is 4.85. The van der Waals surface area contributed by atoms with E-state index in [2.05, 4.69) is 15.2 Å². The molecule has 2 rings (SSSR count). The van der Waals surface area contributed by atoms with Crippen molar-refractivity contribution in [2.45, 2.75) is 25.9 Å². The summed E-state index contributed by atoms with van der Waals surface area (Å²) in [5.74, 6) is 2.31. The summed E-state index contributed by atoms with van der Waals surface area (Å²) in [6.07, 6.45) is 1.55. The monoisotopic (exact) mass is 491 g/mol. The number of guanidine groups is 1. The molecule has 1 aromatic carbocycles. The zero-order valence-electron chi connectivity index (χ0n) is 16.4. The number of hydrogen-bond acceptors (Lipinski definition) is 5. The maximum absolute atomic E-state index is 11.6. The third-order valence-electron chi connectivity index (χ3n) is 4.49. The minimum Gasteiger partial charge on any atom is -0.497 e. The van der Waals surface area contributed by atoms with Gasteiger partial charge in [0.15, 0.2) is 5.96 Å². The molecule has 0 spiro atoms. The highest BCUT2D eigenvalue weighted by molar-refractivity contribution is 14.0. The van der Waals surface area contributed by atoms with E-state index in [1.807, 2.05) is 31.2 Å². The number of nitrogens with zero attached hydrogens (tertiary/aromatic N) is 2. The molecule has 8 heteroatoms. The fourth-order valence-electron chi connectivity index (χ4n) is 2.99. The molecular weight excluding hydrogens is 461 g/mol. The van der Waals surface area contributed by atoms with Crippen molar-refractivity contribution in [2.75, 3.05) is 40.9 Å². The minimum absolute atomic E-state index is 0. The van der Waals surface area contributed by atoms with E-state index in [4.69, 9.17) is 14.2 Å². The molecule has 0 bridgehead atoms. The lowest BCUT2D eigenvalue weighted by atomic mass is 9.97. The van der Waals surface area contributed by atoms with Crippen molar-refractivity contribution in [3.8, 4) is 11.5 Å². The van der Waals surface area contributed by atoms with Gasteiger partial charge in [0.2, 0.25) is 0 Å². The lowest BCUT2D eigenvalue weighted by Crippen LogP contribution is -2.48. The Balaban J connectivity index is 0.00000364. The van der Waals surface area contributed by atoms with E-state index < -0.39 is 0 Å². The van der Waals surface area contributed by atoms with E-state index >= 15 is 0 Å². The van der Waals surface area contributed by atoms with Gasteiger partial charge in [-0.05, 0) is 44.0 Å². The molecule has 7 nitrogen and oxygen atoms in total. The van der Waals surface area contributed by atoms with Crippen LogP contribution in [0.2, 0.25) is 0 Å². The molecule has 1 aliphatic rings. The molecule has 1 unspecified atom stereocenters. The van der Waals surface area contributed by atoms with Crippen LogP contribution >= 0.6 is 24.0 Å². The number of ether oxygens (including phenoxy) is 3. The summed E-state index contributed by atoms with van der Waals surface area (Å²) in [4.78, 5) is 18.1. The average molecular weight is 491 g/mol. The Morgan fingerprint density at radius 1 is 1.22 bits per heavy atom. The molecule has 0 amide bonds. The fourth-order valence-corrected chi connectivity index (χ4v) is 2.99. The van der Waals surface area contributed by atoms with Crippen molar-refractivity contribution >= 4 is 35.9 Å². The summed E-state index contributed by atoms with van der Waals surface area (Å²) >= 11 is 0. The Morgan fingerprint density at radius 3 is 2.33 bits per heavy atom. The van der Waals surface area contributed by atoms with Gasteiger partial charge in [0, 0.05) is 20.1 Å². The molecule has 27 heavy (non-hydrogen) atoms.